The van der Waals surface area contributed by atoms with Gasteiger partial charge in [-0.3, -0.25) is 0 Å². The SMILES string of the molecule is Fc1cccnc1N1CCC(Nc2nc(-c3ccc(Cl)cc3)no2)C1. The first-order valence-corrected chi connectivity index (χ1v) is 8.28. The van der Waals surface area contributed by atoms with Gasteiger partial charge in [-0.15, -0.1) is 0 Å². The van der Waals surface area contributed by atoms with Crippen LogP contribution in [0.1, 0.15) is 6.42 Å². The highest BCUT2D eigenvalue weighted by Gasteiger charge is 2.26. The summed E-state index contributed by atoms with van der Waals surface area (Å²) in [7, 11) is 0. The summed E-state index contributed by atoms with van der Waals surface area (Å²) >= 11 is 5.88. The first-order valence-electron chi connectivity index (χ1n) is 7.91. The summed E-state index contributed by atoms with van der Waals surface area (Å²) in [6.45, 7) is 1.33. The van der Waals surface area contributed by atoms with Crippen LogP contribution >= 0.6 is 11.6 Å². The largest absolute Gasteiger partial charge is 0.352 e. The van der Waals surface area contributed by atoms with Crippen LogP contribution in [0.3, 0.4) is 0 Å². The number of pyridine rings is 1. The zero-order valence-corrected chi connectivity index (χ0v) is 13.9. The fourth-order valence-electron chi connectivity index (χ4n) is 2.85. The van der Waals surface area contributed by atoms with Crippen molar-refractivity contribution < 1.29 is 8.91 Å². The summed E-state index contributed by atoms with van der Waals surface area (Å²) in [4.78, 5) is 10.4. The molecule has 1 atom stereocenters. The van der Waals surface area contributed by atoms with Crippen LogP contribution in [0.25, 0.3) is 11.4 Å². The third-order valence-corrected chi connectivity index (χ3v) is 4.33. The highest BCUT2D eigenvalue weighted by molar-refractivity contribution is 6.30. The average molecular weight is 360 g/mol. The molecular formula is C17H15ClFN5O. The number of nitrogens with zero attached hydrogens (tertiary/aromatic N) is 4. The number of hydrogen-bond acceptors (Lipinski definition) is 6. The lowest BCUT2D eigenvalue weighted by molar-refractivity contribution is 0.428. The van der Waals surface area contributed by atoms with Gasteiger partial charge in [0.1, 0.15) is 0 Å². The van der Waals surface area contributed by atoms with Gasteiger partial charge >= 0.3 is 6.01 Å². The molecule has 3 aromatic rings. The molecule has 0 radical (unpaired) electrons. The first-order chi connectivity index (χ1) is 12.2. The van der Waals surface area contributed by atoms with Crippen molar-refractivity contribution in [2.45, 2.75) is 12.5 Å². The van der Waals surface area contributed by atoms with Crippen molar-refractivity contribution in [3.63, 3.8) is 0 Å². The maximum absolute atomic E-state index is 13.8. The standard InChI is InChI=1S/C17H15ClFN5O/c18-12-5-3-11(4-6-12)15-22-17(25-23-15)21-13-7-9-24(10-13)16-14(19)2-1-8-20-16/h1-6,8,13H,7,9-10H2,(H,21,22,23). The second kappa shape index (κ2) is 6.68. The number of nitrogens with one attached hydrogen (secondary N) is 1. The van der Waals surface area contributed by atoms with Gasteiger partial charge in [0.05, 0.1) is 0 Å². The van der Waals surface area contributed by atoms with Gasteiger partial charge in [-0.1, -0.05) is 16.8 Å². The van der Waals surface area contributed by atoms with Gasteiger partial charge in [-0.2, -0.15) is 4.98 Å². The van der Waals surface area contributed by atoms with Gasteiger partial charge in [-0.05, 0) is 42.8 Å². The van der Waals surface area contributed by atoms with Crippen LogP contribution < -0.4 is 10.2 Å². The first kappa shape index (κ1) is 15.8. The Balaban J connectivity index is 1.42. The third-order valence-electron chi connectivity index (χ3n) is 4.08. The summed E-state index contributed by atoms with van der Waals surface area (Å²) in [5.74, 6) is 0.551. The minimum absolute atomic E-state index is 0.0833. The summed E-state index contributed by atoms with van der Waals surface area (Å²) < 4.78 is 19.1. The Bertz CT molecular complexity index is 869. The van der Waals surface area contributed by atoms with E-state index in [9.17, 15) is 4.39 Å². The van der Waals surface area contributed by atoms with E-state index in [1.807, 2.05) is 17.0 Å². The molecule has 1 unspecified atom stereocenters. The van der Waals surface area contributed by atoms with E-state index in [-0.39, 0.29) is 11.9 Å². The molecule has 6 nitrogen and oxygen atoms in total. The number of rotatable bonds is 4. The van der Waals surface area contributed by atoms with Gasteiger partial charge < -0.3 is 14.7 Å². The number of anilines is 2. The predicted octanol–water partition coefficient (Wildman–Crippen LogP) is 3.61. The van der Waals surface area contributed by atoms with Crippen molar-refractivity contribution in [3.8, 4) is 11.4 Å². The van der Waals surface area contributed by atoms with E-state index in [0.29, 0.717) is 35.8 Å². The Morgan fingerprint density at radius 3 is 2.88 bits per heavy atom. The van der Waals surface area contributed by atoms with E-state index < -0.39 is 0 Å². The van der Waals surface area contributed by atoms with Crippen LogP contribution in [0, 0.1) is 5.82 Å². The molecule has 4 rings (SSSR count). The Morgan fingerprint density at radius 2 is 2.08 bits per heavy atom. The lowest BCUT2D eigenvalue weighted by atomic mass is 10.2. The molecule has 1 saturated heterocycles. The van der Waals surface area contributed by atoms with Gasteiger partial charge in [-0.25, -0.2) is 9.37 Å². The fraction of sp³-hybridized carbons (Fsp3) is 0.235. The molecule has 0 amide bonds. The van der Waals surface area contributed by atoms with Crippen molar-refractivity contribution in [1.82, 2.24) is 15.1 Å². The zero-order chi connectivity index (χ0) is 17.2. The molecule has 8 heteroatoms. The lowest BCUT2D eigenvalue weighted by Gasteiger charge is -2.17. The smallest absolute Gasteiger partial charge is 0.322 e. The number of aromatic nitrogens is 3. The van der Waals surface area contributed by atoms with E-state index >= 15 is 0 Å². The van der Waals surface area contributed by atoms with Crippen molar-refractivity contribution >= 4 is 23.4 Å². The zero-order valence-electron chi connectivity index (χ0n) is 13.2. The number of benzene rings is 1. The van der Waals surface area contributed by atoms with Gasteiger partial charge in [0.15, 0.2) is 11.6 Å². The van der Waals surface area contributed by atoms with Crippen LogP contribution in [-0.2, 0) is 0 Å². The van der Waals surface area contributed by atoms with E-state index in [2.05, 4.69) is 20.4 Å². The third kappa shape index (κ3) is 3.41. The molecule has 1 aromatic carbocycles. The van der Waals surface area contributed by atoms with E-state index in [1.54, 1.807) is 24.4 Å². The highest BCUT2D eigenvalue weighted by Crippen LogP contribution is 2.24. The van der Waals surface area contributed by atoms with Gasteiger partial charge in [0.25, 0.3) is 0 Å². The molecule has 0 aliphatic carbocycles. The topological polar surface area (TPSA) is 67.1 Å². The summed E-state index contributed by atoms with van der Waals surface area (Å²) in [6.07, 6.45) is 2.42. The summed E-state index contributed by atoms with van der Waals surface area (Å²) in [5, 5.41) is 7.83. The second-order valence-corrected chi connectivity index (χ2v) is 6.25. The van der Waals surface area contributed by atoms with E-state index in [0.717, 1.165) is 12.0 Å². The molecule has 25 heavy (non-hydrogen) atoms. The molecule has 2 aromatic heterocycles. The highest BCUT2D eigenvalue weighted by atomic mass is 35.5. The number of halogens is 2. The van der Waals surface area contributed by atoms with Crippen molar-refractivity contribution in [1.29, 1.82) is 0 Å². The molecule has 1 aliphatic heterocycles. The van der Waals surface area contributed by atoms with Crippen LogP contribution in [-0.4, -0.2) is 34.3 Å². The van der Waals surface area contributed by atoms with E-state index in [4.69, 9.17) is 16.1 Å². The lowest BCUT2D eigenvalue weighted by Crippen LogP contribution is -2.27. The van der Waals surface area contributed by atoms with Crippen LogP contribution in [0.15, 0.2) is 47.1 Å². The van der Waals surface area contributed by atoms with Crippen molar-refractivity contribution in [2.24, 2.45) is 0 Å². The van der Waals surface area contributed by atoms with E-state index in [1.165, 1.54) is 6.07 Å². The van der Waals surface area contributed by atoms with Crippen molar-refractivity contribution in [2.75, 3.05) is 23.3 Å². The van der Waals surface area contributed by atoms with Gasteiger partial charge in [0, 0.05) is 35.9 Å². The molecule has 1 fully saturated rings. The molecule has 128 valence electrons. The molecule has 1 aliphatic rings. The summed E-state index contributed by atoms with van der Waals surface area (Å²) in [6, 6.07) is 10.6. The predicted molar refractivity (Wildman–Crippen MR) is 93.2 cm³/mol. The Morgan fingerprint density at radius 1 is 1.24 bits per heavy atom. The second-order valence-electron chi connectivity index (χ2n) is 5.81. The maximum atomic E-state index is 13.8. The Kier molecular flexibility index (Phi) is 4.23. The minimum atomic E-state index is -0.314. The van der Waals surface area contributed by atoms with Crippen LogP contribution in [0.5, 0.6) is 0 Å². The molecule has 0 saturated carbocycles. The number of hydrogen-bond donors (Lipinski definition) is 1. The fourth-order valence-corrected chi connectivity index (χ4v) is 2.98. The average Bonchev–Trinajstić information content (AvgIpc) is 3.26. The maximum Gasteiger partial charge on any atom is 0.322 e. The molecule has 0 spiro atoms. The van der Waals surface area contributed by atoms with Crippen LogP contribution in [0.2, 0.25) is 5.02 Å². The normalized spacial score (nSPS) is 17.0. The van der Waals surface area contributed by atoms with Crippen molar-refractivity contribution in [3.05, 3.63) is 53.4 Å². The Hall–Kier alpha value is -2.67. The monoisotopic (exact) mass is 359 g/mol. The Labute approximate surface area is 148 Å². The molecule has 1 N–H and O–H groups in total. The van der Waals surface area contributed by atoms with Crippen LogP contribution in [0.4, 0.5) is 16.2 Å². The minimum Gasteiger partial charge on any atom is -0.352 e. The molecular weight excluding hydrogens is 345 g/mol. The molecule has 0 bridgehead atoms. The summed E-state index contributed by atoms with van der Waals surface area (Å²) in [5.41, 5.74) is 0.824. The van der Waals surface area contributed by atoms with Gasteiger partial charge in [0.2, 0.25) is 5.82 Å². The molecule has 3 heterocycles. The quantitative estimate of drug-likeness (QED) is 0.767.